The highest BCUT2D eigenvalue weighted by Crippen LogP contribution is 2.20. The first-order valence-electron chi connectivity index (χ1n) is 5.90. The van der Waals surface area contributed by atoms with Crippen LogP contribution < -0.4 is 0 Å². The van der Waals surface area contributed by atoms with E-state index in [2.05, 4.69) is 31.7 Å². The highest BCUT2D eigenvalue weighted by atomic mass is 79.9. The molecule has 2 aromatic rings. The molecule has 0 aliphatic carbocycles. The third kappa shape index (κ3) is 2.85. The van der Waals surface area contributed by atoms with Gasteiger partial charge in [-0.25, -0.2) is 9.78 Å². The van der Waals surface area contributed by atoms with Crippen LogP contribution in [0.2, 0.25) is 0 Å². The molecule has 0 spiro atoms. The topological polar surface area (TPSA) is 85.0 Å². The molecule has 0 saturated heterocycles. The Labute approximate surface area is 129 Å². The van der Waals surface area contributed by atoms with Gasteiger partial charge in [0.2, 0.25) is 0 Å². The maximum absolute atomic E-state index is 11.8. The number of aldehydes is 1. The molecule has 0 radical (unpaired) electrons. The van der Waals surface area contributed by atoms with E-state index in [1.54, 1.807) is 24.3 Å². The monoisotopic (exact) mass is 347 g/mol. The quantitative estimate of drug-likeness (QED) is 0.624. The molecule has 1 aromatic carbocycles. The average Bonchev–Trinajstić information content (AvgIpc) is 2.83. The third-order valence-electron chi connectivity index (χ3n) is 2.90. The molecule has 21 heavy (non-hydrogen) atoms. The molecule has 0 aliphatic heterocycles. The number of benzene rings is 1. The molecule has 0 N–H and O–H groups in total. The zero-order valence-electron chi connectivity index (χ0n) is 11.0. The van der Waals surface area contributed by atoms with Crippen LogP contribution in [0.1, 0.15) is 32.1 Å². The first-order valence-corrected chi connectivity index (χ1v) is 6.69. The van der Waals surface area contributed by atoms with Gasteiger partial charge < -0.3 is 9.30 Å². The normalized spacial score (nSPS) is 9.95. The number of aromatic nitrogens is 2. The molecule has 7 heteroatoms. The van der Waals surface area contributed by atoms with Crippen molar-refractivity contribution in [3.05, 3.63) is 51.5 Å². The summed E-state index contributed by atoms with van der Waals surface area (Å²) in [7, 11) is 1.23. The lowest BCUT2D eigenvalue weighted by atomic mass is 10.1. The summed E-state index contributed by atoms with van der Waals surface area (Å²) in [5, 5.41) is 9.11. The maximum Gasteiger partial charge on any atom is 0.357 e. The second-order valence-electron chi connectivity index (χ2n) is 4.08. The molecule has 1 aromatic heterocycles. The Morgan fingerprint density at radius 3 is 2.86 bits per heavy atom. The summed E-state index contributed by atoms with van der Waals surface area (Å²) >= 11 is 3.21. The number of nitriles is 1. The summed E-state index contributed by atoms with van der Waals surface area (Å²) in [6, 6.07) is 9.08. The summed E-state index contributed by atoms with van der Waals surface area (Å²) in [4.78, 5) is 26.9. The number of esters is 1. The molecule has 2 rings (SSSR count). The summed E-state index contributed by atoms with van der Waals surface area (Å²) < 4.78 is 6.49. The van der Waals surface area contributed by atoms with Crippen LogP contribution in [-0.4, -0.2) is 28.9 Å². The fourth-order valence-electron chi connectivity index (χ4n) is 1.92. The molecule has 0 aliphatic rings. The zero-order valence-corrected chi connectivity index (χ0v) is 12.6. The molecule has 0 amide bonds. The molecule has 106 valence electrons. The number of carbonyl (C=O) groups is 2. The number of hydrogen-bond acceptors (Lipinski definition) is 5. The number of halogens is 1. The molecule has 0 fully saturated rings. The lowest BCUT2D eigenvalue weighted by Crippen LogP contribution is -2.14. The van der Waals surface area contributed by atoms with Gasteiger partial charge in [-0.2, -0.15) is 5.26 Å². The van der Waals surface area contributed by atoms with Gasteiger partial charge in [0.1, 0.15) is 5.69 Å². The predicted octanol–water partition coefficient (Wildman–Crippen LogP) is 2.16. The third-order valence-corrected chi connectivity index (χ3v) is 3.51. The van der Waals surface area contributed by atoms with Crippen molar-refractivity contribution in [1.82, 2.24) is 9.55 Å². The van der Waals surface area contributed by atoms with Gasteiger partial charge >= 0.3 is 5.97 Å². The number of nitrogens with zero attached hydrogens (tertiary/aromatic N) is 3. The Balaban J connectivity index is 2.54. The van der Waals surface area contributed by atoms with E-state index in [1.807, 2.05) is 0 Å². The minimum atomic E-state index is -0.662. The molecule has 6 nitrogen and oxygen atoms in total. The molecule has 1 heterocycles. The van der Waals surface area contributed by atoms with Crippen molar-refractivity contribution in [3.8, 4) is 6.07 Å². The van der Waals surface area contributed by atoms with E-state index < -0.39 is 5.97 Å². The van der Waals surface area contributed by atoms with Crippen LogP contribution in [0, 0.1) is 11.3 Å². The second-order valence-corrected chi connectivity index (χ2v) is 4.79. The molecule has 0 atom stereocenters. The number of imidazole rings is 1. The van der Waals surface area contributed by atoms with Crippen LogP contribution in [0.5, 0.6) is 0 Å². The van der Waals surface area contributed by atoms with Gasteiger partial charge in [0.25, 0.3) is 0 Å². The minimum Gasteiger partial charge on any atom is -0.464 e. The highest BCUT2D eigenvalue weighted by molar-refractivity contribution is 9.10. The molecule has 0 bridgehead atoms. The van der Waals surface area contributed by atoms with E-state index in [0.717, 1.165) is 0 Å². The molecule has 0 saturated carbocycles. The van der Waals surface area contributed by atoms with Gasteiger partial charge in [-0.1, -0.05) is 18.2 Å². The second kappa shape index (κ2) is 6.33. The van der Waals surface area contributed by atoms with E-state index in [9.17, 15) is 9.59 Å². The van der Waals surface area contributed by atoms with Gasteiger partial charge in [-0.3, -0.25) is 4.79 Å². The van der Waals surface area contributed by atoms with Crippen LogP contribution in [0.25, 0.3) is 0 Å². The van der Waals surface area contributed by atoms with Crippen LogP contribution in [0.4, 0.5) is 0 Å². The SMILES string of the molecule is COC(=O)c1c(C=O)nc(Br)n1Cc1ccccc1C#N. The fraction of sp³-hybridized carbons (Fsp3) is 0.143. The van der Waals surface area contributed by atoms with E-state index in [-0.39, 0.29) is 17.9 Å². The van der Waals surface area contributed by atoms with Crippen LogP contribution in [0.3, 0.4) is 0 Å². The Morgan fingerprint density at radius 1 is 1.52 bits per heavy atom. The van der Waals surface area contributed by atoms with E-state index >= 15 is 0 Å². The van der Waals surface area contributed by atoms with Gasteiger partial charge in [0.05, 0.1) is 25.3 Å². The van der Waals surface area contributed by atoms with Crippen LogP contribution in [-0.2, 0) is 11.3 Å². The van der Waals surface area contributed by atoms with E-state index in [1.165, 1.54) is 11.7 Å². The van der Waals surface area contributed by atoms with Gasteiger partial charge in [-0.05, 0) is 27.6 Å². The smallest absolute Gasteiger partial charge is 0.357 e. The standard InChI is InChI=1S/C14H10BrN3O3/c1-21-13(20)12-11(8-19)17-14(15)18(12)7-10-5-3-2-4-9(10)6-16/h2-5,8H,7H2,1H3. The fourth-order valence-corrected chi connectivity index (χ4v) is 2.41. The average molecular weight is 348 g/mol. The Morgan fingerprint density at radius 2 is 2.24 bits per heavy atom. The lowest BCUT2D eigenvalue weighted by molar-refractivity contribution is 0.0586. The Kier molecular flexibility index (Phi) is 4.50. The van der Waals surface area contributed by atoms with Gasteiger partial charge in [-0.15, -0.1) is 0 Å². The number of carbonyl (C=O) groups excluding carboxylic acids is 2. The van der Waals surface area contributed by atoms with Crippen LogP contribution >= 0.6 is 15.9 Å². The number of rotatable bonds is 4. The van der Waals surface area contributed by atoms with Crippen molar-refractivity contribution in [1.29, 1.82) is 5.26 Å². The predicted molar refractivity (Wildman–Crippen MR) is 76.9 cm³/mol. The first-order chi connectivity index (χ1) is 10.1. The summed E-state index contributed by atoms with van der Waals surface area (Å²) in [5.74, 6) is -0.662. The summed E-state index contributed by atoms with van der Waals surface area (Å²) in [5.41, 5.74) is 1.23. The summed E-state index contributed by atoms with van der Waals surface area (Å²) in [6.07, 6.45) is 0.490. The number of ether oxygens (including phenoxy) is 1. The molecule has 0 unspecified atom stereocenters. The van der Waals surface area contributed by atoms with E-state index in [0.29, 0.717) is 22.1 Å². The maximum atomic E-state index is 11.8. The van der Waals surface area contributed by atoms with Gasteiger partial charge in [0.15, 0.2) is 16.7 Å². The van der Waals surface area contributed by atoms with Crippen molar-refractivity contribution in [2.75, 3.05) is 7.11 Å². The molecular weight excluding hydrogens is 338 g/mol. The summed E-state index contributed by atoms with van der Waals surface area (Å²) in [6.45, 7) is 0.218. The highest BCUT2D eigenvalue weighted by Gasteiger charge is 2.23. The van der Waals surface area contributed by atoms with Crippen molar-refractivity contribution < 1.29 is 14.3 Å². The van der Waals surface area contributed by atoms with Gasteiger partial charge in [0, 0.05) is 0 Å². The largest absolute Gasteiger partial charge is 0.464 e. The number of methoxy groups -OCH3 is 1. The lowest BCUT2D eigenvalue weighted by Gasteiger charge is -2.09. The first kappa shape index (κ1) is 14.9. The zero-order chi connectivity index (χ0) is 15.4. The van der Waals surface area contributed by atoms with Crippen molar-refractivity contribution >= 4 is 28.2 Å². The van der Waals surface area contributed by atoms with E-state index in [4.69, 9.17) is 5.26 Å². The Hall–Kier alpha value is -2.46. The number of hydrogen-bond donors (Lipinski definition) is 0. The molecular formula is C14H10BrN3O3. The van der Waals surface area contributed by atoms with Crippen molar-refractivity contribution in [2.24, 2.45) is 0 Å². The minimum absolute atomic E-state index is 0.0110. The Bertz CT molecular complexity index is 746. The van der Waals surface area contributed by atoms with Crippen molar-refractivity contribution in [3.63, 3.8) is 0 Å². The van der Waals surface area contributed by atoms with Crippen LogP contribution in [0.15, 0.2) is 29.0 Å². The van der Waals surface area contributed by atoms with Crippen molar-refractivity contribution in [2.45, 2.75) is 6.54 Å².